The predicted molar refractivity (Wildman–Crippen MR) is 60.1 cm³/mol. The number of carbonyl (C=O) groups is 1. The van der Waals surface area contributed by atoms with Gasteiger partial charge in [0, 0.05) is 19.1 Å². The predicted octanol–water partition coefficient (Wildman–Crippen LogP) is 0.675. The number of sulfone groups is 1. The first-order valence-electron chi connectivity index (χ1n) is 4.52. The van der Waals surface area contributed by atoms with Gasteiger partial charge in [-0.3, -0.25) is 4.79 Å². The summed E-state index contributed by atoms with van der Waals surface area (Å²) in [4.78, 5) is 11.4. The Morgan fingerprint density at radius 1 is 1.31 bits per heavy atom. The molecule has 0 radical (unpaired) electrons. The fourth-order valence-electron chi connectivity index (χ4n) is 1.11. The lowest BCUT2D eigenvalue weighted by atomic mass is 10.3. The number of rotatable bonds is 4. The third-order valence-corrected chi connectivity index (χ3v) is 2.97. The van der Waals surface area contributed by atoms with Crippen LogP contribution in [0.25, 0.3) is 0 Å². The van der Waals surface area contributed by atoms with Crippen LogP contribution in [0.3, 0.4) is 0 Å². The zero-order valence-electron chi connectivity index (χ0n) is 9.06. The Bertz CT molecular complexity index is 464. The number of anilines is 1. The van der Waals surface area contributed by atoms with Crippen molar-refractivity contribution in [1.82, 2.24) is 0 Å². The van der Waals surface area contributed by atoms with Gasteiger partial charge in [-0.15, -0.1) is 0 Å². The van der Waals surface area contributed by atoms with E-state index >= 15 is 0 Å². The SMILES string of the molecule is COCC(=O)Nc1ccc(S(C)(=O)=O)cc1. The number of hydrogen-bond donors (Lipinski definition) is 1. The zero-order chi connectivity index (χ0) is 12.2. The minimum absolute atomic E-state index is 0.0339. The van der Waals surface area contributed by atoms with E-state index in [0.717, 1.165) is 6.26 Å². The molecule has 0 atom stereocenters. The van der Waals surface area contributed by atoms with Crippen LogP contribution in [-0.4, -0.2) is 34.3 Å². The third-order valence-electron chi connectivity index (χ3n) is 1.84. The molecule has 0 spiro atoms. The maximum Gasteiger partial charge on any atom is 0.250 e. The molecular formula is C10H13NO4S. The lowest BCUT2D eigenvalue weighted by molar-refractivity contribution is -0.119. The summed E-state index contributed by atoms with van der Waals surface area (Å²) < 4.78 is 27.0. The van der Waals surface area contributed by atoms with Crippen LogP contribution >= 0.6 is 0 Å². The standard InChI is InChI=1S/C10H13NO4S/c1-15-7-10(12)11-8-3-5-9(6-4-8)16(2,13)14/h3-6H,7H2,1-2H3,(H,11,12). The van der Waals surface area contributed by atoms with Crippen molar-refractivity contribution in [2.45, 2.75) is 4.90 Å². The van der Waals surface area contributed by atoms with E-state index in [0.29, 0.717) is 5.69 Å². The molecule has 0 saturated carbocycles. The van der Waals surface area contributed by atoms with E-state index in [1.165, 1.54) is 31.4 Å². The maximum atomic E-state index is 11.2. The van der Waals surface area contributed by atoms with Crippen LogP contribution in [0.1, 0.15) is 0 Å². The Morgan fingerprint density at radius 2 is 1.88 bits per heavy atom. The molecule has 1 amide bonds. The van der Waals surface area contributed by atoms with Gasteiger partial charge in [0.25, 0.3) is 0 Å². The molecule has 0 saturated heterocycles. The highest BCUT2D eigenvalue weighted by molar-refractivity contribution is 7.90. The van der Waals surface area contributed by atoms with Gasteiger partial charge in [-0.1, -0.05) is 0 Å². The second-order valence-corrected chi connectivity index (χ2v) is 5.29. The highest BCUT2D eigenvalue weighted by Gasteiger charge is 2.07. The summed E-state index contributed by atoms with van der Waals surface area (Å²) in [6, 6.07) is 5.95. The molecule has 0 aromatic heterocycles. The van der Waals surface area contributed by atoms with Gasteiger partial charge in [-0.25, -0.2) is 8.42 Å². The summed E-state index contributed by atoms with van der Waals surface area (Å²) in [5.74, 6) is -0.283. The van der Waals surface area contributed by atoms with Crippen molar-refractivity contribution in [1.29, 1.82) is 0 Å². The van der Waals surface area contributed by atoms with Crippen molar-refractivity contribution in [3.8, 4) is 0 Å². The highest BCUT2D eigenvalue weighted by Crippen LogP contribution is 2.13. The van der Waals surface area contributed by atoms with Crippen LogP contribution in [0, 0.1) is 0 Å². The molecule has 1 aromatic carbocycles. The third kappa shape index (κ3) is 3.63. The normalized spacial score (nSPS) is 11.1. The second kappa shape index (κ2) is 5.09. The molecule has 0 heterocycles. The van der Waals surface area contributed by atoms with Crippen LogP contribution < -0.4 is 5.32 Å². The van der Waals surface area contributed by atoms with Crippen molar-refractivity contribution in [3.05, 3.63) is 24.3 Å². The summed E-state index contributed by atoms with van der Waals surface area (Å²) in [5.41, 5.74) is 0.537. The fourth-order valence-corrected chi connectivity index (χ4v) is 1.74. The maximum absolute atomic E-state index is 11.2. The molecule has 0 aliphatic heterocycles. The molecule has 16 heavy (non-hydrogen) atoms. The van der Waals surface area contributed by atoms with Gasteiger partial charge in [0.05, 0.1) is 4.90 Å². The van der Waals surface area contributed by atoms with Gasteiger partial charge in [0.2, 0.25) is 5.91 Å². The van der Waals surface area contributed by atoms with Crippen molar-refractivity contribution in [2.75, 3.05) is 25.3 Å². The molecule has 5 nitrogen and oxygen atoms in total. The first-order valence-corrected chi connectivity index (χ1v) is 6.41. The Labute approximate surface area is 94.3 Å². The molecule has 1 aromatic rings. The summed E-state index contributed by atoms with van der Waals surface area (Å²) >= 11 is 0. The van der Waals surface area contributed by atoms with Crippen LogP contribution in [-0.2, 0) is 19.4 Å². The molecule has 0 bridgehead atoms. The molecule has 1 rings (SSSR count). The minimum Gasteiger partial charge on any atom is -0.375 e. The second-order valence-electron chi connectivity index (χ2n) is 3.28. The lowest BCUT2D eigenvalue weighted by Gasteiger charge is -2.05. The average molecular weight is 243 g/mol. The highest BCUT2D eigenvalue weighted by atomic mass is 32.2. The molecule has 0 aliphatic rings. The molecular weight excluding hydrogens is 230 g/mol. The molecule has 0 unspecified atom stereocenters. The van der Waals surface area contributed by atoms with Gasteiger partial charge in [-0.2, -0.15) is 0 Å². The Hall–Kier alpha value is -1.40. The summed E-state index contributed by atoms with van der Waals surface area (Å²) in [6.45, 7) is -0.0339. The largest absolute Gasteiger partial charge is 0.375 e. The Balaban J connectivity index is 2.76. The number of hydrogen-bond acceptors (Lipinski definition) is 4. The van der Waals surface area contributed by atoms with Crippen molar-refractivity contribution in [2.24, 2.45) is 0 Å². The van der Waals surface area contributed by atoms with Crippen molar-refractivity contribution in [3.63, 3.8) is 0 Å². The smallest absolute Gasteiger partial charge is 0.250 e. The summed E-state index contributed by atoms with van der Waals surface area (Å²) in [5, 5.41) is 2.56. The summed E-state index contributed by atoms with van der Waals surface area (Å²) in [7, 11) is -1.77. The number of ether oxygens (including phenoxy) is 1. The van der Waals surface area contributed by atoms with E-state index in [4.69, 9.17) is 0 Å². The first-order chi connectivity index (χ1) is 7.43. The number of methoxy groups -OCH3 is 1. The monoisotopic (exact) mass is 243 g/mol. The minimum atomic E-state index is -3.20. The van der Waals surface area contributed by atoms with Crippen LogP contribution in [0.5, 0.6) is 0 Å². The topological polar surface area (TPSA) is 72.5 Å². The Morgan fingerprint density at radius 3 is 2.31 bits per heavy atom. The quantitative estimate of drug-likeness (QED) is 0.843. The molecule has 88 valence electrons. The molecule has 0 aliphatic carbocycles. The van der Waals surface area contributed by atoms with Gasteiger partial charge in [0.15, 0.2) is 9.84 Å². The number of amides is 1. The number of carbonyl (C=O) groups excluding carboxylic acids is 1. The van der Waals surface area contributed by atoms with E-state index < -0.39 is 9.84 Å². The van der Waals surface area contributed by atoms with Crippen molar-refractivity contribution >= 4 is 21.4 Å². The molecule has 0 fully saturated rings. The first kappa shape index (κ1) is 12.7. The van der Waals surface area contributed by atoms with E-state index in [1.807, 2.05) is 0 Å². The molecule has 1 N–H and O–H groups in total. The molecule has 6 heteroatoms. The lowest BCUT2D eigenvalue weighted by Crippen LogP contribution is -2.17. The van der Waals surface area contributed by atoms with Crippen molar-refractivity contribution < 1.29 is 17.9 Å². The van der Waals surface area contributed by atoms with E-state index in [-0.39, 0.29) is 17.4 Å². The van der Waals surface area contributed by atoms with Gasteiger partial charge in [-0.05, 0) is 24.3 Å². The van der Waals surface area contributed by atoms with Gasteiger partial charge < -0.3 is 10.1 Å². The fraction of sp³-hybridized carbons (Fsp3) is 0.300. The zero-order valence-corrected chi connectivity index (χ0v) is 9.87. The van der Waals surface area contributed by atoms with E-state index in [9.17, 15) is 13.2 Å². The van der Waals surface area contributed by atoms with Crippen LogP contribution in [0.4, 0.5) is 5.69 Å². The van der Waals surface area contributed by atoms with Crippen LogP contribution in [0.2, 0.25) is 0 Å². The van der Waals surface area contributed by atoms with E-state index in [1.54, 1.807) is 0 Å². The van der Waals surface area contributed by atoms with Crippen LogP contribution in [0.15, 0.2) is 29.2 Å². The number of nitrogens with one attached hydrogen (secondary N) is 1. The Kier molecular flexibility index (Phi) is 4.03. The average Bonchev–Trinajstić information content (AvgIpc) is 2.17. The summed E-state index contributed by atoms with van der Waals surface area (Å²) in [6.07, 6.45) is 1.13. The van der Waals surface area contributed by atoms with E-state index in [2.05, 4.69) is 10.1 Å². The van der Waals surface area contributed by atoms with Gasteiger partial charge >= 0.3 is 0 Å². The van der Waals surface area contributed by atoms with Gasteiger partial charge in [0.1, 0.15) is 6.61 Å². The number of benzene rings is 1.